The molecule has 0 bridgehead atoms. The van der Waals surface area contributed by atoms with Gasteiger partial charge in [-0.2, -0.15) is 7.11 Å². The minimum absolute atomic E-state index is 0. The van der Waals surface area contributed by atoms with E-state index in [2.05, 4.69) is 41.8 Å². The van der Waals surface area contributed by atoms with Gasteiger partial charge in [0, 0.05) is 23.5 Å². The Bertz CT molecular complexity index is 475. The maximum absolute atomic E-state index is 8.25. The Morgan fingerprint density at radius 1 is 1.05 bits per heavy atom. The first-order valence-corrected chi connectivity index (χ1v) is 6.91. The standard InChI is InChI=1S/C6H6BrNO.C5H3BrClN.CH3O.Na/c1-9-5-2-3-8-6(7)4-5;6-5-3-4(7)1-2-8-5;1-2;/h2-4H,1H3;1-3H;1H3;/q;;-1;+1. The van der Waals surface area contributed by atoms with Gasteiger partial charge in [-0.05, 0) is 50.1 Å². The number of halogens is 3. The number of pyridine rings is 2. The molecule has 2 aromatic rings. The summed E-state index contributed by atoms with van der Waals surface area (Å²) in [6.07, 6.45) is 3.33. The van der Waals surface area contributed by atoms with Gasteiger partial charge in [0.05, 0.1) is 7.11 Å². The zero-order valence-electron chi connectivity index (χ0n) is 11.3. The summed E-state index contributed by atoms with van der Waals surface area (Å²) in [5, 5.41) is 8.95. The predicted molar refractivity (Wildman–Crippen MR) is 81.4 cm³/mol. The van der Waals surface area contributed by atoms with Crippen LogP contribution in [0.25, 0.3) is 0 Å². The molecule has 0 saturated heterocycles. The summed E-state index contributed by atoms with van der Waals surface area (Å²) in [7, 11) is 2.38. The van der Waals surface area contributed by atoms with Gasteiger partial charge in [0.15, 0.2) is 0 Å². The van der Waals surface area contributed by atoms with Crippen molar-refractivity contribution in [3.63, 3.8) is 0 Å². The van der Waals surface area contributed by atoms with E-state index in [1.807, 2.05) is 0 Å². The van der Waals surface area contributed by atoms with Crippen molar-refractivity contribution in [3.05, 3.63) is 50.9 Å². The van der Waals surface area contributed by atoms with Crippen molar-refractivity contribution in [3.8, 4) is 5.75 Å². The van der Waals surface area contributed by atoms with Crippen molar-refractivity contribution < 1.29 is 39.4 Å². The second-order valence-corrected chi connectivity index (χ2v) is 4.88. The molecular formula is C12H12Br2ClN2NaO2. The van der Waals surface area contributed by atoms with Gasteiger partial charge in [-0.15, -0.1) is 0 Å². The van der Waals surface area contributed by atoms with E-state index in [1.165, 1.54) is 0 Å². The first kappa shape index (κ1) is 22.6. The molecular weight excluding hydrogens is 422 g/mol. The Morgan fingerprint density at radius 3 is 1.85 bits per heavy atom. The van der Waals surface area contributed by atoms with Crippen LogP contribution in [0.4, 0.5) is 0 Å². The Morgan fingerprint density at radius 2 is 1.55 bits per heavy atom. The van der Waals surface area contributed by atoms with Gasteiger partial charge in [0.1, 0.15) is 15.0 Å². The molecule has 4 nitrogen and oxygen atoms in total. The topological polar surface area (TPSA) is 58.1 Å². The largest absolute Gasteiger partial charge is 1.00 e. The maximum Gasteiger partial charge on any atom is 1.00 e. The fraction of sp³-hybridized carbons (Fsp3) is 0.167. The number of aromatic nitrogens is 2. The van der Waals surface area contributed by atoms with Crippen LogP contribution >= 0.6 is 43.5 Å². The van der Waals surface area contributed by atoms with Crippen molar-refractivity contribution >= 4 is 43.5 Å². The van der Waals surface area contributed by atoms with E-state index in [0.717, 1.165) is 22.1 Å². The van der Waals surface area contributed by atoms with Crippen LogP contribution in [0.2, 0.25) is 5.02 Å². The van der Waals surface area contributed by atoms with E-state index in [4.69, 9.17) is 21.4 Å². The number of hydrogen-bond donors (Lipinski definition) is 0. The van der Waals surface area contributed by atoms with Crippen LogP contribution in [0.5, 0.6) is 5.75 Å². The van der Waals surface area contributed by atoms with E-state index in [9.17, 15) is 0 Å². The molecule has 0 aromatic carbocycles. The number of methoxy groups -OCH3 is 1. The van der Waals surface area contributed by atoms with Crippen LogP contribution < -0.4 is 39.4 Å². The summed E-state index contributed by atoms with van der Waals surface area (Å²) in [5.74, 6) is 0.817. The molecule has 0 N–H and O–H groups in total. The van der Waals surface area contributed by atoms with Crippen LogP contribution in [0.3, 0.4) is 0 Å². The van der Waals surface area contributed by atoms with Gasteiger partial charge in [-0.3, -0.25) is 0 Å². The van der Waals surface area contributed by atoms with E-state index < -0.39 is 0 Å². The van der Waals surface area contributed by atoms with Crippen molar-refractivity contribution in [2.24, 2.45) is 0 Å². The molecule has 0 radical (unpaired) electrons. The molecule has 0 fully saturated rings. The van der Waals surface area contributed by atoms with Crippen molar-refractivity contribution in [1.82, 2.24) is 9.97 Å². The van der Waals surface area contributed by atoms with Crippen molar-refractivity contribution in [2.75, 3.05) is 14.2 Å². The quantitative estimate of drug-likeness (QED) is 0.480. The van der Waals surface area contributed by atoms with Crippen LogP contribution in [0, 0.1) is 0 Å². The number of nitrogens with zero attached hydrogens (tertiary/aromatic N) is 2. The molecule has 0 aliphatic carbocycles. The second-order valence-electron chi connectivity index (χ2n) is 2.82. The molecule has 2 aromatic heterocycles. The average molecular weight is 434 g/mol. The summed E-state index contributed by atoms with van der Waals surface area (Å²) in [6, 6.07) is 7.07. The third kappa shape index (κ3) is 11.0. The molecule has 0 unspecified atom stereocenters. The van der Waals surface area contributed by atoms with Crippen molar-refractivity contribution in [2.45, 2.75) is 0 Å². The zero-order valence-corrected chi connectivity index (χ0v) is 17.2. The smallest absolute Gasteiger partial charge is 0.857 e. The number of hydrogen-bond acceptors (Lipinski definition) is 4. The number of ether oxygens (including phenoxy) is 1. The monoisotopic (exact) mass is 432 g/mol. The predicted octanol–water partition coefficient (Wildman–Crippen LogP) is 0.331. The van der Waals surface area contributed by atoms with Crippen LogP contribution in [-0.2, 0) is 0 Å². The molecule has 0 amide bonds. The molecule has 0 saturated carbocycles. The third-order valence-corrected chi connectivity index (χ3v) is 2.72. The molecule has 104 valence electrons. The molecule has 0 atom stereocenters. The third-order valence-electron chi connectivity index (χ3n) is 1.62. The zero-order chi connectivity index (χ0) is 14.7. The minimum atomic E-state index is 0. The van der Waals surface area contributed by atoms with E-state index in [0.29, 0.717) is 5.02 Å². The average Bonchev–Trinajstić information content (AvgIpc) is 2.41. The molecule has 20 heavy (non-hydrogen) atoms. The maximum atomic E-state index is 8.25. The molecule has 0 aliphatic rings. The molecule has 2 rings (SSSR count). The summed E-state index contributed by atoms with van der Waals surface area (Å²) >= 11 is 12.0. The Hall–Kier alpha value is 0.310. The van der Waals surface area contributed by atoms with Gasteiger partial charge >= 0.3 is 29.6 Å². The van der Waals surface area contributed by atoms with Gasteiger partial charge < -0.3 is 9.84 Å². The second kappa shape index (κ2) is 14.3. The fourth-order valence-corrected chi connectivity index (χ4v) is 1.89. The molecule has 8 heteroatoms. The Balaban J connectivity index is 0. The summed E-state index contributed by atoms with van der Waals surface area (Å²) < 4.78 is 6.49. The SMILES string of the molecule is COc1ccnc(Br)c1.C[O-].Clc1ccnc(Br)c1.[Na+]. The van der Waals surface area contributed by atoms with E-state index in [1.54, 1.807) is 43.8 Å². The Labute approximate surface area is 162 Å². The van der Waals surface area contributed by atoms with E-state index >= 15 is 0 Å². The van der Waals surface area contributed by atoms with Gasteiger partial charge in [0.2, 0.25) is 0 Å². The molecule has 0 aliphatic heterocycles. The summed E-state index contributed by atoms with van der Waals surface area (Å²) in [4.78, 5) is 7.80. The fourth-order valence-electron chi connectivity index (χ4n) is 0.891. The Kier molecular flexibility index (Phi) is 16.1. The molecule has 2 heterocycles. The minimum Gasteiger partial charge on any atom is -0.857 e. The van der Waals surface area contributed by atoms with Crippen LogP contribution in [0.15, 0.2) is 45.9 Å². The summed E-state index contributed by atoms with van der Waals surface area (Å²) in [5.41, 5.74) is 0. The molecule has 0 spiro atoms. The normalized spacial score (nSPS) is 8.10. The first-order chi connectivity index (χ1) is 9.11. The van der Waals surface area contributed by atoms with Gasteiger partial charge in [0.25, 0.3) is 0 Å². The van der Waals surface area contributed by atoms with E-state index in [-0.39, 0.29) is 29.6 Å². The van der Waals surface area contributed by atoms with Crippen LogP contribution in [-0.4, -0.2) is 24.2 Å². The first-order valence-electron chi connectivity index (χ1n) is 4.95. The summed E-state index contributed by atoms with van der Waals surface area (Å²) in [6.45, 7) is 0. The van der Waals surface area contributed by atoms with Gasteiger partial charge in [-0.1, -0.05) is 11.6 Å². The van der Waals surface area contributed by atoms with Crippen LogP contribution in [0.1, 0.15) is 0 Å². The van der Waals surface area contributed by atoms with Gasteiger partial charge in [-0.25, -0.2) is 9.97 Å². The van der Waals surface area contributed by atoms with Crippen molar-refractivity contribution in [1.29, 1.82) is 0 Å². The number of rotatable bonds is 1.